The zero-order valence-electron chi connectivity index (χ0n) is 7.95. The number of pyridine rings is 1. The van der Waals surface area contributed by atoms with Gasteiger partial charge in [-0.15, -0.1) is 0 Å². The van der Waals surface area contributed by atoms with E-state index in [-0.39, 0.29) is 6.04 Å². The van der Waals surface area contributed by atoms with Gasteiger partial charge in [-0.2, -0.15) is 11.3 Å². The van der Waals surface area contributed by atoms with Gasteiger partial charge in [-0.25, -0.2) is 0 Å². The average molecular weight is 338 g/mol. The van der Waals surface area contributed by atoms with Crippen LogP contribution in [0.2, 0.25) is 10.0 Å². The lowest BCUT2D eigenvalue weighted by Crippen LogP contribution is -2.13. The first-order valence-corrected chi connectivity index (χ1v) is 6.87. The number of hydrogen-bond donors (Lipinski definition) is 1. The van der Waals surface area contributed by atoms with E-state index in [1.807, 2.05) is 10.8 Å². The van der Waals surface area contributed by atoms with Gasteiger partial charge < -0.3 is 5.73 Å². The van der Waals surface area contributed by atoms with Crippen LogP contribution in [-0.4, -0.2) is 4.98 Å². The number of nitrogens with zero attached hydrogens (tertiary/aromatic N) is 1. The molecule has 0 aliphatic rings. The van der Waals surface area contributed by atoms with Gasteiger partial charge in [0.05, 0.1) is 21.8 Å². The summed E-state index contributed by atoms with van der Waals surface area (Å²) >= 11 is 16.8. The Balaban J connectivity index is 2.41. The number of hydrogen-bond acceptors (Lipinski definition) is 3. The lowest BCUT2D eigenvalue weighted by atomic mass is 10.1. The minimum atomic E-state index is -0.342. The van der Waals surface area contributed by atoms with E-state index in [2.05, 4.69) is 20.9 Å². The molecule has 16 heavy (non-hydrogen) atoms. The van der Waals surface area contributed by atoms with E-state index in [0.717, 1.165) is 10.0 Å². The van der Waals surface area contributed by atoms with Crippen LogP contribution in [0.5, 0.6) is 0 Å². The first-order valence-electron chi connectivity index (χ1n) is 4.37. The van der Waals surface area contributed by atoms with Crippen molar-refractivity contribution < 1.29 is 0 Å². The number of rotatable bonds is 2. The summed E-state index contributed by atoms with van der Waals surface area (Å²) in [6.07, 6.45) is 1.54. The molecule has 1 unspecified atom stereocenters. The van der Waals surface area contributed by atoms with Crippen LogP contribution >= 0.6 is 50.5 Å². The lowest BCUT2D eigenvalue weighted by molar-refractivity contribution is 0.829. The molecule has 6 heteroatoms. The summed E-state index contributed by atoms with van der Waals surface area (Å²) in [7, 11) is 0. The molecular weight excluding hydrogens is 331 g/mol. The summed E-state index contributed by atoms with van der Waals surface area (Å²) in [5.41, 5.74) is 7.70. The van der Waals surface area contributed by atoms with Crippen LogP contribution in [0.4, 0.5) is 0 Å². The van der Waals surface area contributed by atoms with Crippen molar-refractivity contribution in [2.75, 3.05) is 0 Å². The molecule has 84 valence electrons. The van der Waals surface area contributed by atoms with Gasteiger partial charge in [0.15, 0.2) is 0 Å². The Bertz CT molecular complexity index is 515. The van der Waals surface area contributed by atoms with Crippen LogP contribution < -0.4 is 5.73 Å². The lowest BCUT2D eigenvalue weighted by Gasteiger charge is -2.12. The Morgan fingerprint density at radius 1 is 1.38 bits per heavy atom. The molecule has 0 amide bonds. The Hall–Kier alpha value is -0.130. The Labute approximate surface area is 116 Å². The van der Waals surface area contributed by atoms with Crippen molar-refractivity contribution >= 4 is 50.5 Å². The highest BCUT2D eigenvalue weighted by molar-refractivity contribution is 9.10. The van der Waals surface area contributed by atoms with E-state index in [1.165, 1.54) is 0 Å². The van der Waals surface area contributed by atoms with Gasteiger partial charge in [-0.1, -0.05) is 23.2 Å². The third kappa shape index (κ3) is 2.41. The van der Waals surface area contributed by atoms with E-state index in [1.54, 1.807) is 23.6 Å². The van der Waals surface area contributed by atoms with Crippen LogP contribution in [0, 0.1) is 0 Å². The molecule has 0 saturated heterocycles. The van der Waals surface area contributed by atoms with Crippen molar-refractivity contribution in [1.82, 2.24) is 4.98 Å². The molecule has 2 heterocycles. The van der Waals surface area contributed by atoms with E-state index >= 15 is 0 Å². The van der Waals surface area contributed by atoms with Crippen LogP contribution in [-0.2, 0) is 0 Å². The molecule has 0 fully saturated rings. The predicted octanol–water partition coefficient (Wildman–Crippen LogP) is 4.26. The first-order chi connectivity index (χ1) is 7.59. The highest BCUT2D eigenvalue weighted by Gasteiger charge is 2.17. The van der Waals surface area contributed by atoms with Gasteiger partial charge in [-0.3, -0.25) is 4.98 Å². The monoisotopic (exact) mass is 336 g/mol. The predicted molar refractivity (Wildman–Crippen MR) is 72.3 cm³/mol. The maximum absolute atomic E-state index is 6.10. The smallest absolute Gasteiger partial charge is 0.0804 e. The van der Waals surface area contributed by atoms with Gasteiger partial charge in [0.2, 0.25) is 0 Å². The first kappa shape index (κ1) is 12.3. The Kier molecular flexibility index (Phi) is 3.87. The number of nitrogens with two attached hydrogens (primary N) is 1. The fourth-order valence-electron chi connectivity index (χ4n) is 1.31. The molecule has 0 bridgehead atoms. The second-order valence-corrected chi connectivity index (χ2v) is 5.61. The molecule has 2 rings (SSSR count). The molecule has 2 N–H and O–H groups in total. The molecular formula is C10H7BrCl2N2S. The molecule has 2 aromatic heterocycles. The molecule has 1 atom stereocenters. The van der Waals surface area contributed by atoms with Crippen molar-refractivity contribution in [3.05, 3.63) is 48.8 Å². The van der Waals surface area contributed by atoms with E-state index < -0.39 is 0 Å². The van der Waals surface area contributed by atoms with Gasteiger partial charge >= 0.3 is 0 Å². The molecule has 0 aliphatic carbocycles. The zero-order valence-corrected chi connectivity index (χ0v) is 11.9. The summed E-state index contributed by atoms with van der Waals surface area (Å²) in [4.78, 5) is 4.17. The van der Waals surface area contributed by atoms with Crippen molar-refractivity contribution in [2.24, 2.45) is 5.73 Å². The molecule has 0 radical (unpaired) electrons. The fraction of sp³-hybridized carbons (Fsp3) is 0.100. The largest absolute Gasteiger partial charge is 0.319 e. The third-order valence-electron chi connectivity index (χ3n) is 2.11. The average Bonchev–Trinajstić information content (AvgIpc) is 2.63. The SMILES string of the molecule is NC(c1cscc1Br)c1ncc(Cl)cc1Cl. The second-order valence-electron chi connectivity index (χ2n) is 3.17. The Morgan fingerprint density at radius 2 is 2.12 bits per heavy atom. The normalized spacial score (nSPS) is 12.8. The van der Waals surface area contributed by atoms with Crippen LogP contribution in [0.15, 0.2) is 27.5 Å². The highest BCUT2D eigenvalue weighted by atomic mass is 79.9. The van der Waals surface area contributed by atoms with Crippen LogP contribution in [0.1, 0.15) is 17.3 Å². The molecule has 2 nitrogen and oxygen atoms in total. The fourth-order valence-corrected chi connectivity index (χ4v) is 3.39. The van der Waals surface area contributed by atoms with E-state index in [9.17, 15) is 0 Å². The zero-order chi connectivity index (χ0) is 11.7. The maximum atomic E-state index is 6.10. The van der Waals surface area contributed by atoms with Crippen molar-refractivity contribution in [2.45, 2.75) is 6.04 Å². The summed E-state index contributed by atoms with van der Waals surface area (Å²) in [5, 5.41) is 4.93. The maximum Gasteiger partial charge on any atom is 0.0804 e. The standard InChI is InChI=1S/C10H7BrCl2N2S/c11-7-4-16-3-6(7)9(14)10-8(13)1-5(12)2-15-10/h1-4,9H,14H2. The summed E-state index contributed by atoms with van der Waals surface area (Å²) in [5.74, 6) is 0. The van der Waals surface area contributed by atoms with Gasteiger partial charge in [0.1, 0.15) is 0 Å². The minimum absolute atomic E-state index is 0.342. The summed E-state index contributed by atoms with van der Waals surface area (Å²) in [6.45, 7) is 0. The van der Waals surface area contributed by atoms with E-state index in [4.69, 9.17) is 28.9 Å². The quantitative estimate of drug-likeness (QED) is 0.889. The van der Waals surface area contributed by atoms with Crippen LogP contribution in [0.25, 0.3) is 0 Å². The molecule has 0 saturated carbocycles. The molecule has 0 aromatic carbocycles. The van der Waals surface area contributed by atoms with Gasteiger partial charge in [0, 0.05) is 16.0 Å². The van der Waals surface area contributed by atoms with Gasteiger partial charge in [-0.05, 0) is 32.9 Å². The van der Waals surface area contributed by atoms with E-state index in [0.29, 0.717) is 15.7 Å². The highest BCUT2D eigenvalue weighted by Crippen LogP contribution is 2.32. The number of aromatic nitrogens is 1. The minimum Gasteiger partial charge on any atom is -0.319 e. The molecule has 0 aliphatic heterocycles. The Morgan fingerprint density at radius 3 is 2.69 bits per heavy atom. The van der Waals surface area contributed by atoms with Crippen molar-refractivity contribution in [3.8, 4) is 0 Å². The van der Waals surface area contributed by atoms with Crippen molar-refractivity contribution in [3.63, 3.8) is 0 Å². The number of thiophene rings is 1. The van der Waals surface area contributed by atoms with Crippen LogP contribution in [0.3, 0.4) is 0 Å². The third-order valence-corrected chi connectivity index (χ3v) is 4.37. The summed E-state index contributed by atoms with van der Waals surface area (Å²) < 4.78 is 0.970. The molecule has 0 spiro atoms. The number of halogens is 3. The van der Waals surface area contributed by atoms with Crippen molar-refractivity contribution in [1.29, 1.82) is 0 Å². The topological polar surface area (TPSA) is 38.9 Å². The molecule has 2 aromatic rings. The summed E-state index contributed by atoms with van der Waals surface area (Å²) in [6, 6.07) is 1.30. The second kappa shape index (κ2) is 5.02. The van der Waals surface area contributed by atoms with Gasteiger partial charge in [0.25, 0.3) is 0 Å².